The topological polar surface area (TPSA) is 152 Å². The minimum Gasteiger partial charge on any atom is -0.481 e. The molecule has 2 amide bonds. The lowest BCUT2D eigenvalue weighted by Crippen LogP contribution is -2.32. The van der Waals surface area contributed by atoms with E-state index in [-0.39, 0.29) is 40.6 Å². The number of hydrogen-bond acceptors (Lipinski definition) is 9. The Morgan fingerprint density at radius 2 is 1.73 bits per heavy atom. The molecule has 0 aliphatic carbocycles. The smallest absolute Gasteiger partial charge is 0.408 e. The Bertz CT molecular complexity index is 1700. The predicted octanol–water partition coefficient (Wildman–Crippen LogP) is 5.03. The van der Waals surface area contributed by atoms with Gasteiger partial charge >= 0.3 is 13.0 Å². The molecule has 0 saturated carbocycles. The van der Waals surface area contributed by atoms with E-state index in [4.69, 9.17) is 9.47 Å². The van der Waals surface area contributed by atoms with Gasteiger partial charge in [-0.3, -0.25) is 9.59 Å². The Morgan fingerprint density at radius 3 is 2.41 bits per heavy atom. The van der Waals surface area contributed by atoms with Gasteiger partial charge in [0.25, 0.3) is 11.8 Å². The number of hydrogen-bond donors (Lipinski definition) is 4. The van der Waals surface area contributed by atoms with E-state index in [1.807, 2.05) is 20.8 Å². The molecule has 0 radical (unpaired) electrons. The highest BCUT2D eigenvalue weighted by Gasteiger charge is 2.24. The molecule has 2 aromatic heterocycles. The van der Waals surface area contributed by atoms with E-state index in [0.717, 1.165) is 10.8 Å². The lowest BCUT2D eigenvalue weighted by Gasteiger charge is -2.19. The zero-order chi connectivity index (χ0) is 32.0. The van der Waals surface area contributed by atoms with Crippen LogP contribution >= 0.6 is 0 Å². The van der Waals surface area contributed by atoms with E-state index in [2.05, 4.69) is 25.8 Å². The fourth-order valence-corrected chi connectivity index (χ4v) is 4.45. The van der Waals surface area contributed by atoms with Crippen LogP contribution in [0, 0.1) is 5.41 Å². The van der Waals surface area contributed by atoms with E-state index < -0.39 is 18.9 Å². The van der Waals surface area contributed by atoms with Gasteiger partial charge in [-0.25, -0.2) is 14.8 Å². The number of nitrogens with one attached hydrogen (secondary N) is 3. The molecule has 0 aliphatic rings. The number of aromatic nitrogens is 2. The number of amides is 2. The van der Waals surface area contributed by atoms with Crippen molar-refractivity contribution in [1.29, 1.82) is 0 Å². The first-order valence-corrected chi connectivity index (χ1v) is 14.2. The summed E-state index contributed by atoms with van der Waals surface area (Å²) in [6, 6.07) is 15.0. The normalized spacial score (nSPS) is 11.1. The molecule has 2 heterocycles. The maximum Gasteiger partial charge on any atom is 0.408 e. The minimum atomic E-state index is -0.795. The second-order valence-corrected chi connectivity index (χ2v) is 11.3. The van der Waals surface area contributed by atoms with E-state index >= 15 is 0 Å². The van der Waals surface area contributed by atoms with Crippen LogP contribution in [0.25, 0.3) is 21.9 Å². The number of ether oxygens (including phenoxy) is 2. The van der Waals surface area contributed by atoms with Crippen LogP contribution in [0.2, 0.25) is 6.82 Å². The van der Waals surface area contributed by atoms with Crippen molar-refractivity contribution in [2.75, 3.05) is 30.8 Å². The maximum absolute atomic E-state index is 13.7. The molecule has 2 aromatic carbocycles. The van der Waals surface area contributed by atoms with Gasteiger partial charge in [-0.1, -0.05) is 26.8 Å². The molecule has 228 valence electrons. The summed E-state index contributed by atoms with van der Waals surface area (Å²) in [4.78, 5) is 48.5. The zero-order valence-corrected chi connectivity index (χ0v) is 25.6. The predicted molar refractivity (Wildman–Crippen MR) is 171 cm³/mol. The van der Waals surface area contributed by atoms with Crippen LogP contribution in [0.4, 0.5) is 11.5 Å². The lowest BCUT2D eigenvalue weighted by atomic mass is 9.88. The Hall–Kier alpha value is -4.97. The number of methoxy groups -OCH3 is 1. The third kappa shape index (κ3) is 7.70. The van der Waals surface area contributed by atoms with Crippen molar-refractivity contribution < 1.29 is 28.9 Å². The number of rotatable bonds is 10. The van der Waals surface area contributed by atoms with Gasteiger partial charge in [-0.2, -0.15) is 0 Å². The highest BCUT2D eigenvalue weighted by molar-refractivity contribution is 6.53. The molecular formula is C32H36BN5O6. The highest BCUT2D eigenvalue weighted by Crippen LogP contribution is 2.31. The average Bonchev–Trinajstić information content (AvgIpc) is 2.98. The average molecular weight is 597 g/mol. The molecule has 4 aromatic rings. The molecule has 4 N–H and O–H groups in total. The van der Waals surface area contributed by atoms with Crippen molar-refractivity contribution >= 4 is 47.1 Å². The lowest BCUT2D eigenvalue weighted by molar-refractivity contribution is 0.0527. The maximum atomic E-state index is 13.7. The van der Waals surface area contributed by atoms with Crippen LogP contribution in [0.15, 0.2) is 60.8 Å². The van der Waals surface area contributed by atoms with Gasteiger partial charge in [0.15, 0.2) is 0 Å². The van der Waals surface area contributed by atoms with Crippen LogP contribution < -0.4 is 20.6 Å². The summed E-state index contributed by atoms with van der Waals surface area (Å²) in [6.07, 6.45) is 1.60. The summed E-state index contributed by atoms with van der Waals surface area (Å²) < 4.78 is 10.6. The third-order valence-corrected chi connectivity index (χ3v) is 6.51. The van der Waals surface area contributed by atoms with Gasteiger partial charge in [0.1, 0.15) is 11.5 Å². The first kappa shape index (κ1) is 32.0. The monoisotopic (exact) mass is 597 g/mol. The molecule has 0 atom stereocenters. The second-order valence-electron chi connectivity index (χ2n) is 11.3. The molecule has 0 unspecified atom stereocenters. The van der Waals surface area contributed by atoms with Crippen LogP contribution in [0.3, 0.4) is 0 Å². The number of nitrogens with zero attached hydrogens (tertiary/aromatic N) is 2. The number of anilines is 2. The van der Waals surface area contributed by atoms with Gasteiger partial charge in [-0.05, 0) is 72.6 Å². The number of benzene rings is 2. The van der Waals surface area contributed by atoms with Gasteiger partial charge in [-0.15, -0.1) is 0 Å². The fourth-order valence-electron chi connectivity index (χ4n) is 4.45. The zero-order valence-electron chi connectivity index (χ0n) is 25.6. The van der Waals surface area contributed by atoms with Gasteiger partial charge in [0.05, 0.1) is 19.3 Å². The summed E-state index contributed by atoms with van der Waals surface area (Å²) in [6.45, 7) is 9.86. The van der Waals surface area contributed by atoms with Crippen molar-refractivity contribution in [2.45, 2.75) is 34.5 Å². The summed E-state index contributed by atoms with van der Waals surface area (Å²) in [5.74, 6) is -0.806. The van der Waals surface area contributed by atoms with Crippen molar-refractivity contribution in [3.8, 4) is 17.0 Å². The van der Waals surface area contributed by atoms with Crippen LogP contribution in [0.1, 0.15) is 58.9 Å². The Kier molecular flexibility index (Phi) is 9.85. The van der Waals surface area contributed by atoms with Gasteiger partial charge in [0, 0.05) is 41.0 Å². The molecule has 0 aliphatic heterocycles. The molecule has 0 spiro atoms. The van der Waals surface area contributed by atoms with E-state index in [1.165, 1.54) is 13.2 Å². The molecule has 12 heteroatoms. The van der Waals surface area contributed by atoms with Crippen LogP contribution in [-0.4, -0.2) is 60.1 Å². The summed E-state index contributed by atoms with van der Waals surface area (Å²) >= 11 is 0. The van der Waals surface area contributed by atoms with E-state index in [9.17, 15) is 19.4 Å². The third-order valence-electron chi connectivity index (χ3n) is 6.51. The van der Waals surface area contributed by atoms with Crippen LogP contribution in [0.5, 0.6) is 5.88 Å². The van der Waals surface area contributed by atoms with E-state index in [1.54, 1.807) is 68.5 Å². The van der Waals surface area contributed by atoms with Crippen LogP contribution in [-0.2, 0) is 4.74 Å². The molecule has 11 nitrogen and oxygen atoms in total. The minimum absolute atomic E-state index is 0.00567. The van der Waals surface area contributed by atoms with Crippen molar-refractivity contribution in [2.24, 2.45) is 5.41 Å². The molecule has 0 saturated heterocycles. The largest absolute Gasteiger partial charge is 0.481 e. The Morgan fingerprint density at radius 1 is 0.977 bits per heavy atom. The number of carbonyl (C=O) groups excluding carboxylic acids is 3. The quantitative estimate of drug-likeness (QED) is 0.146. The second kappa shape index (κ2) is 13.6. The van der Waals surface area contributed by atoms with Crippen molar-refractivity contribution in [3.63, 3.8) is 0 Å². The number of pyridine rings is 2. The number of fused-ring (bicyclic) bond motifs is 1. The summed E-state index contributed by atoms with van der Waals surface area (Å²) in [7, 11) is 0.645. The fraction of sp³-hybridized carbons (Fsp3) is 0.281. The van der Waals surface area contributed by atoms with Gasteiger partial charge < -0.3 is 30.4 Å². The molecule has 4 rings (SSSR count). The van der Waals surface area contributed by atoms with Crippen molar-refractivity contribution in [3.05, 3.63) is 77.6 Å². The SMILES string of the molecule is CCOC(=O)c1cc(C(=O)NCC(C)(C)C)ccc1-c1ccc(OC)nc1C(=O)Nc1ccc2c(NB(C)O)nccc2c1. The first-order valence-electron chi connectivity index (χ1n) is 14.2. The summed E-state index contributed by atoms with van der Waals surface area (Å²) in [5.41, 5.74) is 1.48. The molecular weight excluding hydrogens is 561 g/mol. The standard InChI is InChI=1S/C32H36BN5O6/c1-7-44-31(41)25-17-20(29(39)35-18-32(2,3)4)8-10-23(25)24-12-13-26(43-6)37-27(24)30(40)36-21-9-11-22-19(16-21)14-15-34-28(22)38-33(5)42/h8-17,42H,7,18H2,1-6H3,(H,34,38)(H,35,39)(H,36,40). The number of carbonyl (C=O) groups is 3. The Balaban J connectivity index is 1.73. The highest BCUT2D eigenvalue weighted by atomic mass is 16.5. The van der Waals surface area contributed by atoms with Gasteiger partial charge in [0.2, 0.25) is 5.88 Å². The molecule has 0 fully saturated rings. The van der Waals surface area contributed by atoms with Crippen molar-refractivity contribution in [1.82, 2.24) is 15.3 Å². The number of esters is 1. The molecule has 44 heavy (non-hydrogen) atoms. The first-order chi connectivity index (χ1) is 20.9. The summed E-state index contributed by atoms with van der Waals surface area (Å²) in [5, 5.41) is 19.9. The Labute approximate surface area is 256 Å². The van der Waals surface area contributed by atoms with E-state index in [0.29, 0.717) is 29.2 Å². The molecule has 0 bridgehead atoms.